The van der Waals surface area contributed by atoms with E-state index in [1.165, 1.54) is 6.26 Å². The average molecular weight is 363 g/mol. The van der Waals surface area contributed by atoms with E-state index >= 15 is 0 Å². The van der Waals surface area contributed by atoms with Crippen LogP contribution in [0.4, 0.5) is 17.5 Å². The van der Waals surface area contributed by atoms with Crippen LogP contribution in [0.15, 0.2) is 47.2 Å². The Morgan fingerprint density at radius 3 is 2.62 bits per heavy atom. The minimum absolute atomic E-state index is 0.218. The number of aromatic nitrogens is 2. The van der Waals surface area contributed by atoms with Gasteiger partial charge in [0.15, 0.2) is 0 Å². The van der Waals surface area contributed by atoms with Crippen LogP contribution in [0.25, 0.3) is 0 Å². The third-order valence-corrected chi connectivity index (χ3v) is 3.69. The van der Waals surface area contributed by atoms with Crippen molar-refractivity contribution >= 4 is 46.6 Å². The first-order valence-electron chi connectivity index (χ1n) is 6.93. The summed E-state index contributed by atoms with van der Waals surface area (Å²) in [4.78, 5) is 20.6. The Hall–Kier alpha value is -2.57. The molecule has 0 atom stereocenters. The van der Waals surface area contributed by atoms with Gasteiger partial charge in [-0.2, -0.15) is 4.98 Å². The van der Waals surface area contributed by atoms with Crippen molar-refractivity contribution in [2.45, 2.75) is 6.92 Å². The molecule has 0 radical (unpaired) electrons. The van der Waals surface area contributed by atoms with Crippen LogP contribution in [0.5, 0.6) is 0 Å². The zero-order valence-corrected chi connectivity index (χ0v) is 14.0. The van der Waals surface area contributed by atoms with Crippen LogP contribution in [0.3, 0.4) is 0 Å². The van der Waals surface area contributed by atoms with Crippen LogP contribution in [0.1, 0.15) is 16.1 Å². The number of hydrogen-bond acceptors (Lipinski definition) is 5. The number of benzene rings is 1. The number of amides is 1. The van der Waals surface area contributed by atoms with E-state index in [1.54, 1.807) is 36.5 Å². The normalized spacial score (nSPS) is 10.5. The number of carbonyl (C=O) groups excluding carboxylic acids is 1. The summed E-state index contributed by atoms with van der Waals surface area (Å²) in [6, 6.07) is 8.49. The first-order chi connectivity index (χ1) is 11.5. The number of anilines is 3. The summed E-state index contributed by atoms with van der Waals surface area (Å²) in [5, 5.41) is 6.20. The van der Waals surface area contributed by atoms with Crippen molar-refractivity contribution in [2.24, 2.45) is 0 Å². The lowest BCUT2D eigenvalue weighted by Gasteiger charge is -2.09. The van der Waals surface area contributed by atoms with E-state index in [-0.39, 0.29) is 15.6 Å². The van der Waals surface area contributed by atoms with Crippen LogP contribution < -0.4 is 10.6 Å². The maximum atomic E-state index is 12.4. The van der Waals surface area contributed by atoms with Crippen molar-refractivity contribution in [1.29, 1.82) is 0 Å². The number of hydrogen-bond donors (Lipinski definition) is 2. The van der Waals surface area contributed by atoms with E-state index in [1.807, 2.05) is 6.92 Å². The minimum Gasteiger partial charge on any atom is -0.432 e. The van der Waals surface area contributed by atoms with Crippen molar-refractivity contribution in [3.05, 3.63) is 64.1 Å². The highest BCUT2D eigenvalue weighted by atomic mass is 35.5. The molecule has 3 rings (SSSR count). The van der Waals surface area contributed by atoms with Gasteiger partial charge >= 0.3 is 0 Å². The molecule has 2 heterocycles. The zero-order chi connectivity index (χ0) is 17.1. The number of nitrogens with one attached hydrogen (secondary N) is 2. The van der Waals surface area contributed by atoms with Crippen molar-refractivity contribution in [3.8, 4) is 0 Å². The summed E-state index contributed by atoms with van der Waals surface area (Å²) >= 11 is 12.1. The number of oxazole rings is 1. The second kappa shape index (κ2) is 6.90. The molecule has 1 aromatic carbocycles. The summed E-state index contributed by atoms with van der Waals surface area (Å²) < 4.78 is 5.21. The summed E-state index contributed by atoms with van der Waals surface area (Å²) in [6.07, 6.45) is 3.06. The summed E-state index contributed by atoms with van der Waals surface area (Å²) in [6.45, 7) is 1.81. The topological polar surface area (TPSA) is 80.0 Å². The van der Waals surface area contributed by atoms with Gasteiger partial charge in [0.05, 0.1) is 21.3 Å². The molecule has 8 heteroatoms. The molecule has 3 aromatic rings. The molecule has 6 nitrogen and oxygen atoms in total. The van der Waals surface area contributed by atoms with E-state index in [4.69, 9.17) is 27.6 Å². The molecule has 0 aliphatic carbocycles. The average Bonchev–Trinajstić information content (AvgIpc) is 2.92. The van der Waals surface area contributed by atoms with Gasteiger partial charge in [-0.3, -0.25) is 10.1 Å². The molecule has 0 spiro atoms. The molecule has 0 saturated carbocycles. The maximum absolute atomic E-state index is 12.4. The second-order valence-corrected chi connectivity index (χ2v) is 5.71. The van der Waals surface area contributed by atoms with Gasteiger partial charge in [0.25, 0.3) is 11.9 Å². The first-order valence-corrected chi connectivity index (χ1v) is 7.69. The third-order valence-electron chi connectivity index (χ3n) is 3.06. The largest absolute Gasteiger partial charge is 0.432 e. The Bertz CT molecular complexity index is 875. The lowest BCUT2D eigenvalue weighted by molar-refractivity contribution is 0.102. The van der Waals surface area contributed by atoms with E-state index < -0.39 is 5.91 Å². The fourth-order valence-electron chi connectivity index (χ4n) is 2.01. The number of aryl methyl sites for hydroxylation is 1. The number of halogens is 2. The molecule has 0 unspecified atom stereocenters. The molecule has 0 saturated heterocycles. The summed E-state index contributed by atoms with van der Waals surface area (Å²) in [5.41, 5.74) is 1.49. The summed E-state index contributed by atoms with van der Waals surface area (Å²) in [7, 11) is 0. The molecule has 0 aliphatic rings. The second-order valence-electron chi connectivity index (χ2n) is 4.90. The number of rotatable bonds is 4. The van der Waals surface area contributed by atoms with Crippen LogP contribution in [0, 0.1) is 6.92 Å². The molecule has 0 fully saturated rings. The van der Waals surface area contributed by atoms with Gasteiger partial charge in [-0.1, -0.05) is 29.3 Å². The fraction of sp³-hybridized carbons (Fsp3) is 0.0625. The Morgan fingerprint density at radius 1 is 1.21 bits per heavy atom. The smallest absolute Gasteiger partial charge is 0.300 e. The van der Waals surface area contributed by atoms with Gasteiger partial charge in [0.2, 0.25) is 0 Å². The molecular formula is C16H12Cl2N4O2. The van der Waals surface area contributed by atoms with Gasteiger partial charge in [0.1, 0.15) is 12.1 Å². The van der Waals surface area contributed by atoms with Crippen LogP contribution in [-0.2, 0) is 0 Å². The van der Waals surface area contributed by atoms with Crippen LogP contribution >= 0.6 is 23.2 Å². The molecule has 2 N–H and O–H groups in total. The van der Waals surface area contributed by atoms with Gasteiger partial charge < -0.3 is 9.73 Å². The van der Waals surface area contributed by atoms with Crippen molar-refractivity contribution in [2.75, 3.05) is 10.6 Å². The monoisotopic (exact) mass is 362 g/mol. The Balaban J connectivity index is 1.78. The lowest BCUT2D eigenvalue weighted by Crippen LogP contribution is -2.13. The zero-order valence-electron chi connectivity index (χ0n) is 12.5. The van der Waals surface area contributed by atoms with Crippen molar-refractivity contribution < 1.29 is 9.21 Å². The highest BCUT2D eigenvalue weighted by Gasteiger charge is 2.15. The van der Waals surface area contributed by atoms with Crippen LogP contribution in [-0.4, -0.2) is 15.9 Å². The standard InChI is InChI=1S/C16H12Cl2N4O2/c1-9-8-24-16(20-9)22-13-7-10(5-6-19-13)21-15(23)14-11(17)3-2-4-12(14)18/h2-8H,1H3,(H2,19,20,21,22,23). The quantitative estimate of drug-likeness (QED) is 0.704. The third kappa shape index (κ3) is 3.67. The predicted octanol–water partition coefficient (Wildman–Crippen LogP) is 4.68. The van der Waals surface area contributed by atoms with Gasteiger partial charge in [-0.25, -0.2) is 4.98 Å². The first kappa shape index (κ1) is 16.3. The molecule has 0 bridgehead atoms. The molecular weight excluding hydrogens is 351 g/mol. The SMILES string of the molecule is Cc1coc(Nc2cc(NC(=O)c3c(Cl)cccc3Cl)ccn2)n1. The van der Waals surface area contributed by atoms with Gasteiger partial charge in [-0.05, 0) is 25.1 Å². The molecule has 2 aromatic heterocycles. The fourth-order valence-corrected chi connectivity index (χ4v) is 2.58. The van der Waals surface area contributed by atoms with Gasteiger partial charge in [-0.15, -0.1) is 0 Å². The predicted molar refractivity (Wildman–Crippen MR) is 93.2 cm³/mol. The van der Waals surface area contributed by atoms with Crippen molar-refractivity contribution in [3.63, 3.8) is 0 Å². The molecule has 0 aliphatic heterocycles. The van der Waals surface area contributed by atoms with Crippen molar-refractivity contribution in [1.82, 2.24) is 9.97 Å². The lowest BCUT2D eigenvalue weighted by atomic mass is 10.2. The highest BCUT2D eigenvalue weighted by molar-refractivity contribution is 6.40. The van der Waals surface area contributed by atoms with E-state index in [2.05, 4.69) is 20.6 Å². The van der Waals surface area contributed by atoms with Gasteiger partial charge in [0, 0.05) is 18.0 Å². The van der Waals surface area contributed by atoms with E-state index in [9.17, 15) is 4.79 Å². The van der Waals surface area contributed by atoms with E-state index in [0.29, 0.717) is 17.5 Å². The molecule has 24 heavy (non-hydrogen) atoms. The Morgan fingerprint density at radius 2 is 1.96 bits per heavy atom. The minimum atomic E-state index is -0.408. The highest BCUT2D eigenvalue weighted by Crippen LogP contribution is 2.25. The van der Waals surface area contributed by atoms with Crippen LogP contribution in [0.2, 0.25) is 10.0 Å². The number of carbonyl (C=O) groups is 1. The van der Waals surface area contributed by atoms with E-state index in [0.717, 1.165) is 5.69 Å². The molecule has 122 valence electrons. The number of pyridine rings is 1. The maximum Gasteiger partial charge on any atom is 0.300 e. The Labute approximate surface area is 147 Å². The molecule has 1 amide bonds. The number of nitrogens with zero attached hydrogens (tertiary/aromatic N) is 2. The Kier molecular flexibility index (Phi) is 4.69. The summed E-state index contributed by atoms with van der Waals surface area (Å²) in [5.74, 6) is 0.0645.